The number of rotatable bonds is 5. The number of hydrogen-bond acceptors (Lipinski definition) is 4. The van der Waals surface area contributed by atoms with Gasteiger partial charge in [-0.3, -0.25) is 4.98 Å². The molecule has 1 aromatic heterocycles. The number of benzene rings is 1. The van der Waals surface area contributed by atoms with Crippen LogP contribution < -0.4 is 4.74 Å². The van der Waals surface area contributed by atoms with Crippen LogP contribution in [0.1, 0.15) is 24.8 Å². The van der Waals surface area contributed by atoms with Crippen LogP contribution in [0.5, 0.6) is 5.75 Å². The SMILES string of the molecule is CCCOc1cccc(-c2cncc([C@@H]3COB(O)C3)c2)c1. The summed E-state index contributed by atoms with van der Waals surface area (Å²) in [7, 11) is -0.653. The molecule has 5 heteroatoms. The molecule has 1 N–H and O–H groups in total. The van der Waals surface area contributed by atoms with Gasteiger partial charge in [-0.15, -0.1) is 0 Å². The summed E-state index contributed by atoms with van der Waals surface area (Å²) in [5, 5.41) is 9.51. The van der Waals surface area contributed by atoms with Crippen molar-refractivity contribution < 1.29 is 14.4 Å². The lowest BCUT2D eigenvalue weighted by Gasteiger charge is -2.11. The van der Waals surface area contributed by atoms with Gasteiger partial charge < -0.3 is 14.4 Å². The van der Waals surface area contributed by atoms with E-state index in [0.717, 1.165) is 35.5 Å². The van der Waals surface area contributed by atoms with Crippen molar-refractivity contribution in [2.75, 3.05) is 13.2 Å². The zero-order chi connectivity index (χ0) is 15.4. The third-order valence-electron chi connectivity index (χ3n) is 3.85. The van der Waals surface area contributed by atoms with E-state index in [-0.39, 0.29) is 5.92 Å². The van der Waals surface area contributed by atoms with Crippen molar-refractivity contribution in [2.24, 2.45) is 0 Å². The standard InChI is InChI=1S/C17H20BNO3/c1-2-6-21-17-5-3-4-13(8-17)14-7-15(11-19-10-14)16-9-18(20)22-12-16/h3-5,7-8,10-11,16,20H,2,6,9,12H2,1H3/t16-/m0/s1. The average Bonchev–Trinajstić information content (AvgIpc) is 3.00. The van der Waals surface area contributed by atoms with E-state index in [1.165, 1.54) is 0 Å². The molecule has 1 atom stereocenters. The van der Waals surface area contributed by atoms with Crippen LogP contribution in [0, 0.1) is 0 Å². The molecule has 3 rings (SSSR count). The Morgan fingerprint density at radius 1 is 1.32 bits per heavy atom. The van der Waals surface area contributed by atoms with Gasteiger partial charge in [0, 0.05) is 30.5 Å². The van der Waals surface area contributed by atoms with Crippen molar-refractivity contribution >= 4 is 7.12 Å². The minimum Gasteiger partial charge on any atom is -0.494 e. The summed E-state index contributed by atoms with van der Waals surface area (Å²) in [5.74, 6) is 1.09. The maximum Gasteiger partial charge on any atom is 0.454 e. The topological polar surface area (TPSA) is 51.6 Å². The van der Waals surface area contributed by atoms with Gasteiger partial charge in [0.2, 0.25) is 0 Å². The molecule has 2 aromatic rings. The molecule has 0 unspecified atom stereocenters. The molecular weight excluding hydrogens is 277 g/mol. The Kier molecular flexibility index (Phi) is 4.75. The normalized spacial score (nSPS) is 17.7. The largest absolute Gasteiger partial charge is 0.494 e. The van der Waals surface area contributed by atoms with Crippen molar-refractivity contribution in [3.05, 3.63) is 48.3 Å². The molecule has 22 heavy (non-hydrogen) atoms. The summed E-state index contributed by atoms with van der Waals surface area (Å²) in [5.41, 5.74) is 3.25. The fraction of sp³-hybridized carbons (Fsp3) is 0.353. The van der Waals surface area contributed by atoms with Crippen LogP contribution in [0.2, 0.25) is 6.32 Å². The Morgan fingerprint density at radius 2 is 2.23 bits per heavy atom. The Hall–Kier alpha value is -1.85. The number of aromatic nitrogens is 1. The molecule has 1 aliphatic rings. The number of pyridine rings is 1. The van der Waals surface area contributed by atoms with Crippen LogP contribution in [0.25, 0.3) is 11.1 Å². The predicted octanol–water partition coefficient (Wildman–Crippen LogP) is 3.13. The second kappa shape index (κ2) is 6.94. The molecule has 0 aliphatic carbocycles. The maximum absolute atomic E-state index is 9.51. The summed E-state index contributed by atoms with van der Waals surface area (Å²) < 4.78 is 10.9. The highest BCUT2D eigenvalue weighted by Gasteiger charge is 2.29. The highest BCUT2D eigenvalue weighted by Crippen LogP contribution is 2.31. The Labute approximate surface area is 131 Å². The summed E-state index contributed by atoms with van der Waals surface area (Å²) in [6.45, 7) is 3.36. The first-order valence-corrected chi connectivity index (χ1v) is 7.74. The molecule has 114 valence electrons. The molecule has 1 aromatic carbocycles. The van der Waals surface area contributed by atoms with Crippen LogP contribution in [-0.4, -0.2) is 30.3 Å². The van der Waals surface area contributed by atoms with Crippen molar-refractivity contribution in [2.45, 2.75) is 25.6 Å². The lowest BCUT2D eigenvalue weighted by molar-refractivity contribution is 0.292. The van der Waals surface area contributed by atoms with Gasteiger partial charge in [-0.05, 0) is 42.1 Å². The predicted molar refractivity (Wildman–Crippen MR) is 86.9 cm³/mol. The minimum atomic E-state index is -0.653. The number of nitrogens with zero attached hydrogens (tertiary/aromatic N) is 1. The molecule has 1 fully saturated rings. The van der Waals surface area contributed by atoms with E-state index in [1.807, 2.05) is 30.6 Å². The van der Waals surface area contributed by atoms with E-state index in [1.54, 1.807) is 0 Å². The second-order valence-corrected chi connectivity index (χ2v) is 5.60. The Morgan fingerprint density at radius 3 is 3.00 bits per heavy atom. The van der Waals surface area contributed by atoms with Gasteiger partial charge in [0.05, 0.1) is 6.61 Å². The summed E-state index contributed by atoms with van der Waals surface area (Å²) >= 11 is 0. The van der Waals surface area contributed by atoms with Crippen LogP contribution in [0.15, 0.2) is 42.7 Å². The molecule has 0 spiro atoms. The van der Waals surface area contributed by atoms with Crippen LogP contribution in [0.4, 0.5) is 0 Å². The smallest absolute Gasteiger partial charge is 0.454 e. The minimum absolute atomic E-state index is 0.210. The van der Waals surface area contributed by atoms with Gasteiger partial charge >= 0.3 is 7.12 Å². The van der Waals surface area contributed by atoms with E-state index in [4.69, 9.17) is 9.39 Å². The van der Waals surface area contributed by atoms with Crippen LogP contribution in [0.3, 0.4) is 0 Å². The van der Waals surface area contributed by atoms with Crippen molar-refractivity contribution in [1.29, 1.82) is 0 Å². The number of ether oxygens (including phenoxy) is 1. The van der Waals surface area contributed by atoms with E-state index >= 15 is 0 Å². The summed E-state index contributed by atoms with van der Waals surface area (Å²) in [6.07, 6.45) is 5.33. The molecule has 0 bridgehead atoms. The highest BCUT2D eigenvalue weighted by atomic mass is 16.5. The van der Waals surface area contributed by atoms with Gasteiger partial charge in [-0.1, -0.05) is 19.1 Å². The zero-order valence-electron chi connectivity index (χ0n) is 12.7. The third-order valence-corrected chi connectivity index (χ3v) is 3.85. The third kappa shape index (κ3) is 3.48. The van der Waals surface area contributed by atoms with E-state index in [0.29, 0.717) is 12.9 Å². The van der Waals surface area contributed by atoms with Crippen molar-refractivity contribution in [3.63, 3.8) is 0 Å². The van der Waals surface area contributed by atoms with Gasteiger partial charge in [0.15, 0.2) is 0 Å². The quantitative estimate of drug-likeness (QED) is 0.861. The first kappa shape index (κ1) is 15.1. The molecule has 2 heterocycles. The van der Waals surface area contributed by atoms with E-state index in [2.05, 4.69) is 24.0 Å². The zero-order valence-corrected chi connectivity index (χ0v) is 12.7. The van der Waals surface area contributed by atoms with Gasteiger partial charge in [0.25, 0.3) is 0 Å². The van der Waals surface area contributed by atoms with Crippen molar-refractivity contribution in [1.82, 2.24) is 4.98 Å². The molecule has 0 radical (unpaired) electrons. The van der Waals surface area contributed by atoms with Gasteiger partial charge in [0.1, 0.15) is 5.75 Å². The second-order valence-electron chi connectivity index (χ2n) is 5.60. The molecule has 0 amide bonds. The molecule has 4 nitrogen and oxygen atoms in total. The van der Waals surface area contributed by atoms with Crippen molar-refractivity contribution in [3.8, 4) is 16.9 Å². The molecule has 0 saturated carbocycles. The van der Waals surface area contributed by atoms with E-state index in [9.17, 15) is 5.02 Å². The Bertz CT molecular complexity index is 635. The van der Waals surface area contributed by atoms with Gasteiger partial charge in [-0.2, -0.15) is 0 Å². The maximum atomic E-state index is 9.51. The molecule has 1 saturated heterocycles. The monoisotopic (exact) mass is 297 g/mol. The Balaban J connectivity index is 1.82. The first-order chi connectivity index (χ1) is 10.8. The summed E-state index contributed by atoms with van der Waals surface area (Å²) in [6, 6.07) is 10.2. The lowest BCUT2D eigenvalue weighted by atomic mass is 9.80. The molecular formula is C17H20BNO3. The van der Waals surface area contributed by atoms with Gasteiger partial charge in [-0.25, -0.2) is 0 Å². The summed E-state index contributed by atoms with van der Waals surface area (Å²) in [4.78, 5) is 4.34. The van der Waals surface area contributed by atoms with E-state index < -0.39 is 7.12 Å². The fourth-order valence-corrected chi connectivity index (χ4v) is 2.66. The first-order valence-electron chi connectivity index (χ1n) is 7.74. The highest BCUT2D eigenvalue weighted by molar-refractivity contribution is 6.43. The number of hydrogen-bond donors (Lipinski definition) is 1. The average molecular weight is 297 g/mol. The fourth-order valence-electron chi connectivity index (χ4n) is 2.66. The molecule has 1 aliphatic heterocycles. The lowest BCUT2D eigenvalue weighted by Crippen LogP contribution is -2.07. The van der Waals surface area contributed by atoms with Crippen LogP contribution >= 0.6 is 0 Å². The van der Waals surface area contributed by atoms with Crippen LogP contribution in [-0.2, 0) is 4.65 Å².